The summed E-state index contributed by atoms with van der Waals surface area (Å²) >= 11 is 9.45. The lowest BCUT2D eigenvalue weighted by molar-refractivity contribution is 0.622. The topological polar surface area (TPSA) is 26.0 Å². The van der Waals surface area contributed by atoms with Crippen LogP contribution in [-0.2, 0) is 6.42 Å². The second kappa shape index (κ2) is 6.04. The summed E-state index contributed by atoms with van der Waals surface area (Å²) in [7, 11) is 0. The molecule has 2 N–H and O–H groups in total. The monoisotopic (exact) mass is 341 g/mol. The van der Waals surface area contributed by atoms with Gasteiger partial charge in [0.25, 0.3) is 0 Å². The Labute approximate surface area is 125 Å². The summed E-state index contributed by atoms with van der Waals surface area (Å²) in [6.07, 6.45) is 0.498. The van der Waals surface area contributed by atoms with Crippen LogP contribution >= 0.6 is 27.5 Å². The molecule has 1 nitrogen and oxygen atoms in total. The smallest absolute Gasteiger partial charge is 0.142 e. The van der Waals surface area contributed by atoms with E-state index in [1.54, 1.807) is 12.1 Å². The van der Waals surface area contributed by atoms with Crippen LogP contribution in [0.1, 0.15) is 22.7 Å². The largest absolute Gasteiger partial charge is 0.324 e. The van der Waals surface area contributed by atoms with E-state index in [1.807, 2.05) is 25.1 Å². The highest BCUT2D eigenvalue weighted by molar-refractivity contribution is 9.10. The van der Waals surface area contributed by atoms with E-state index in [9.17, 15) is 4.39 Å². The average Bonchev–Trinajstić information content (AvgIpc) is 2.34. The first-order valence-corrected chi connectivity index (χ1v) is 7.10. The van der Waals surface area contributed by atoms with Crippen LogP contribution < -0.4 is 5.73 Å². The molecule has 0 radical (unpaired) electrons. The first kappa shape index (κ1) is 14.5. The maximum absolute atomic E-state index is 13.4. The third kappa shape index (κ3) is 3.35. The van der Waals surface area contributed by atoms with Crippen LogP contribution in [0, 0.1) is 12.7 Å². The zero-order valence-electron chi connectivity index (χ0n) is 10.5. The molecule has 2 aromatic carbocycles. The molecule has 0 spiro atoms. The van der Waals surface area contributed by atoms with Crippen molar-refractivity contribution in [2.75, 3.05) is 0 Å². The van der Waals surface area contributed by atoms with Crippen LogP contribution in [0.25, 0.3) is 0 Å². The predicted molar refractivity (Wildman–Crippen MR) is 80.9 cm³/mol. The Kier molecular flexibility index (Phi) is 4.61. The quantitative estimate of drug-likeness (QED) is 0.852. The Bertz CT molecular complexity index is 601. The minimum Gasteiger partial charge on any atom is -0.324 e. The van der Waals surface area contributed by atoms with Gasteiger partial charge >= 0.3 is 0 Å². The Hall–Kier alpha value is -0.900. The third-order valence-corrected chi connectivity index (χ3v) is 4.14. The first-order valence-electron chi connectivity index (χ1n) is 5.93. The van der Waals surface area contributed by atoms with Crippen molar-refractivity contribution in [2.45, 2.75) is 19.4 Å². The number of benzene rings is 2. The number of rotatable bonds is 3. The van der Waals surface area contributed by atoms with Gasteiger partial charge in [-0.1, -0.05) is 51.8 Å². The molecule has 0 fully saturated rings. The predicted octanol–water partition coefficient (Wildman–Crippen LogP) is 4.79. The molecular weight excluding hydrogens is 329 g/mol. The molecule has 19 heavy (non-hydrogen) atoms. The Morgan fingerprint density at radius 1 is 1.32 bits per heavy atom. The second-order valence-electron chi connectivity index (χ2n) is 4.55. The summed E-state index contributed by atoms with van der Waals surface area (Å²) in [5.41, 5.74) is 9.06. The highest BCUT2D eigenvalue weighted by atomic mass is 79.9. The van der Waals surface area contributed by atoms with Crippen molar-refractivity contribution in [3.63, 3.8) is 0 Å². The molecule has 0 heterocycles. The highest BCUT2D eigenvalue weighted by Crippen LogP contribution is 2.28. The fourth-order valence-electron chi connectivity index (χ4n) is 1.99. The third-order valence-electron chi connectivity index (χ3n) is 3.03. The molecule has 2 rings (SSSR count). The Morgan fingerprint density at radius 3 is 2.74 bits per heavy atom. The van der Waals surface area contributed by atoms with Crippen molar-refractivity contribution in [1.29, 1.82) is 0 Å². The number of halogens is 3. The van der Waals surface area contributed by atoms with E-state index in [1.165, 1.54) is 6.07 Å². The molecule has 1 atom stereocenters. The maximum Gasteiger partial charge on any atom is 0.142 e. The molecule has 0 saturated carbocycles. The van der Waals surface area contributed by atoms with Crippen LogP contribution in [-0.4, -0.2) is 0 Å². The number of aryl methyl sites for hydroxylation is 1. The van der Waals surface area contributed by atoms with E-state index in [0.29, 0.717) is 6.42 Å². The summed E-state index contributed by atoms with van der Waals surface area (Å²) in [5, 5.41) is 0.154. The average molecular weight is 343 g/mol. The maximum atomic E-state index is 13.4. The fourth-order valence-corrected chi connectivity index (χ4v) is 2.98. The minimum atomic E-state index is -0.408. The summed E-state index contributed by atoms with van der Waals surface area (Å²) in [5.74, 6) is -0.408. The van der Waals surface area contributed by atoms with Crippen molar-refractivity contribution in [2.24, 2.45) is 5.73 Å². The molecule has 1 unspecified atom stereocenters. The van der Waals surface area contributed by atoms with Crippen LogP contribution in [0.5, 0.6) is 0 Å². The van der Waals surface area contributed by atoms with E-state index in [4.69, 9.17) is 17.3 Å². The number of nitrogens with two attached hydrogens (primary N) is 1. The van der Waals surface area contributed by atoms with Crippen LogP contribution in [0.15, 0.2) is 40.9 Å². The Balaban J connectivity index is 2.25. The minimum absolute atomic E-state index is 0.154. The van der Waals surface area contributed by atoms with Gasteiger partial charge in [0.2, 0.25) is 0 Å². The second-order valence-corrected chi connectivity index (χ2v) is 5.78. The van der Waals surface area contributed by atoms with Gasteiger partial charge < -0.3 is 5.73 Å². The molecular formula is C15H14BrClFN. The standard InChI is InChI=1S/C15H14BrClFN/c1-9-5-6-11(12(16)7-9)14(19)8-10-3-2-4-13(18)15(10)17/h2-7,14H,8,19H2,1H3. The van der Waals surface area contributed by atoms with Crippen LogP contribution in [0.4, 0.5) is 4.39 Å². The first-order chi connectivity index (χ1) is 8.99. The van der Waals surface area contributed by atoms with Crippen LogP contribution in [0.2, 0.25) is 5.02 Å². The van der Waals surface area contributed by atoms with Crippen molar-refractivity contribution in [3.05, 3.63) is 68.4 Å². The molecule has 0 aliphatic rings. The van der Waals surface area contributed by atoms with Gasteiger partial charge in [-0.15, -0.1) is 0 Å². The molecule has 0 aromatic heterocycles. The molecule has 4 heteroatoms. The van der Waals surface area contributed by atoms with Gasteiger partial charge in [0, 0.05) is 10.5 Å². The van der Waals surface area contributed by atoms with Gasteiger partial charge in [0.05, 0.1) is 5.02 Å². The molecule has 0 amide bonds. The molecule has 0 aliphatic heterocycles. The fraction of sp³-hybridized carbons (Fsp3) is 0.200. The van der Waals surface area contributed by atoms with Crippen molar-refractivity contribution < 1.29 is 4.39 Å². The lowest BCUT2D eigenvalue weighted by Gasteiger charge is -2.15. The van der Waals surface area contributed by atoms with Crippen molar-refractivity contribution in [3.8, 4) is 0 Å². The Morgan fingerprint density at radius 2 is 2.05 bits per heavy atom. The SMILES string of the molecule is Cc1ccc(C(N)Cc2cccc(F)c2Cl)c(Br)c1. The summed E-state index contributed by atoms with van der Waals surface area (Å²) in [6.45, 7) is 2.02. The number of hydrogen-bond donors (Lipinski definition) is 1. The molecule has 0 saturated heterocycles. The zero-order chi connectivity index (χ0) is 14.0. The van der Waals surface area contributed by atoms with E-state index in [-0.39, 0.29) is 11.1 Å². The molecule has 100 valence electrons. The normalized spacial score (nSPS) is 12.5. The van der Waals surface area contributed by atoms with Crippen molar-refractivity contribution in [1.82, 2.24) is 0 Å². The molecule has 2 aromatic rings. The van der Waals surface area contributed by atoms with Gasteiger partial charge in [-0.05, 0) is 42.2 Å². The van der Waals surface area contributed by atoms with E-state index < -0.39 is 5.82 Å². The van der Waals surface area contributed by atoms with Gasteiger partial charge in [0.1, 0.15) is 5.82 Å². The summed E-state index contributed by atoms with van der Waals surface area (Å²) in [4.78, 5) is 0. The van der Waals surface area contributed by atoms with Crippen molar-refractivity contribution >= 4 is 27.5 Å². The van der Waals surface area contributed by atoms with E-state index in [0.717, 1.165) is 21.2 Å². The molecule has 0 aliphatic carbocycles. The zero-order valence-corrected chi connectivity index (χ0v) is 12.8. The van der Waals surface area contributed by atoms with Gasteiger partial charge in [-0.2, -0.15) is 0 Å². The molecule has 0 bridgehead atoms. The van der Waals surface area contributed by atoms with Gasteiger partial charge in [-0.3, -0.25) is 0 Å². The lowest BCUT2D eigenvalue weighted by atomic mass is 9.99. The number of hydrogen-bond acceptors (Lipinski definition) is 1. The lowest BCUT2D eigenvalue weighted by Crippen LogP contribution is -2.14. The van der Waals surface area contributed by atoms with Gasteiger partial charge in [-0.25, -0.2) is 4.39 Å². The summed E-state index contributed by atoms with van der Waals surface area (Å²) < 4.78 is 14.3. The van der Waals surface area contributed by atoms with E-state index in [2.05, 4.69) is 15.9 Å². The van der Waals surface area contributed by atoms with Gasteiger partial charge in [0.15, 0.2) is 0 Å². The summed E-state index contributed by atoms with van der Waals surface area (Å²) in [6, 6.07) is 10.6. The van der Waals surface area contributed by atoms with E-state index >= 15 is 0 Å². The van der Waals surface area contributed by atoms with Crippen LogP contribution in [0.3, 0.4) is 0 Å². The highest BCUT2D eigenvalue weighted by Gasteiger charge is 2.14.